The Hall–Kier alpha value is -2.07. The molecule has 1 fully saturated rings. The summed E-state index contributed by atoms with van der Waals surface area (Å²) in [5, 5.41) is 0.649. The number of hydrogen-bond donors (Lipinski definition) is 0. The maximum Gasteiger partial charge on any atom is 0.227 e. The molecule has 1 heterocycles. The fourth-order valence-corrected chi connectivity index (χ4v) is 3.01. The monoisotopic (exact) mass is 332 g/mol. The van der Waals surface area contributed by atoms with Gasteiger partial charge >= 0.3 is 0 Å². The van der Waals surface area contributed by atoms with Crippen LogP contribution >= 0.6 is 11.6 Å². The summed E-state index contributed by atoms with van der Waals surface area (Å²) < 4.78 is 13.0. The molecule has 0 aliphatic carbocycles. The maximum atomic E-state index is 13.0. The van der Waals surface area contributed by atoms with Gasteiger partial charge in [0.2, 0.25) is 5.91 Å². The molecule has 5 heteroatoms. The molecule has 0 spiro atoms. The lowest BCUT2D eigenvalue weighted by molar-refractivity contribution is -0.130. The van der Waals surface area contributed by atoms with Gasteiger partial charge in [-0.15, -0.1) is 0 Å². The molecule has 1 amide bonds. The minimum Gasteiger partial charge on any atom is -0.368 e. The van der Waals surface area contributed by atoms with Gasteiger partial charge < -0.3 is 9.80 Å². The average molecular weight is 333 g/mol. The van der Waals surface area contributed by atoms with Crippen LogP contribution in [-0.4, -0.2) is 37.0 Å². The van der Waals surface area contributed by atoms with Gasteiger partial charge in [0.05, 0.1) is 6.42 Å². The van der Waals surface area contributed by atoms with Crippen LogP contribution in [0.4, 0.5) is 10.1 Å². The predicted molar refractivity (Wildman–Crippen MR) is 90.3 cm³/mol. The van der Waals surface area contributed by atoms with Gasteiger partial charge in [-0.25, -0.2) is 4.39 Å². The molecule has 1 aliphatic rings. The lowest BCUT2D eigenvalue weighted by Gasteiger charge is -2.36. The molecule has 1 saturated heterocycles. The van der Waals surface area contributed by atoms with Crippen LogP contribution < -0.4 is 4.90 Å². The second-order valence-corrected chi connectivity index (χ2v) is 6.09. The van der Waals surface area contributed by atoms with E-state index >= 15 is 0 Å². The first-order valence-corrected chi connectivity index (χ1v) is 8.02. The molecular formula is C18H18ClFN2O. The number of hydrogen-bond acceptors (Lipinski definition) is 2. The molecule has 23 heavy (non-hydrogen) atoms. The Bertz CT molecular complexity index is 682. The summed E-state index contributed by atoms with van der Waals surface area (Å²) in [5.41, 5.74) is 1.93. The van der Waals surface area contributed by atoms with Crippen molar-refractivity contribution in [2.75, 3.05) is 31.1 Å². The fraction of sp³-hybridized carbons (Fsp3) is 0.278. The highest BCUT2D eigenvalue weighted by Gasteiger charge is 2.21. The molecule has 120 valence electrons. The zero-order valence-corrected chi connectivity index (χ0v) is 13.5. The summed E-state index contributed by atoms with van der Waals surface area (Å²) in [6.45, 7) is 2.87. The Morgan fingerprint density at radius 1 is 1.04 bits per heavy atom. The van der Waals surface area contributed by atoms with Crippen molar-refractivity contribution in [2.45, 2.75) is 6.42 Å². The highest BCUT2D eigenvalue weighted by Crippen LogP contribution is 2.18. The van der Waals surface area contributed by atoms with Crippen molar-refractivity contribution >= 4 is 23.2 Å². The predicted octanol–water partition coefficient (Wildman–Crippen LogP) is 3.37. The molecule has 2 aromatic carbocycles. The highest BCUT2D eigenvalue weighted by atomic mass is 35.5. The smallest absolute Gasteiger partial charge is 0.227 e. The molecular weight excluding hydrogens is 315 g/mol. The summed E-state index contributed by atoms with van der Waals surface area (Å²) in [5.74, 6) is -0.116. The van der Waals surface area contributed by atoms with Crippen molar-refractivity contribution in [3.05, 3.63) is 64.9 Å². The van der Waals surface area contributed by atoms with Crippen molar-refractivity contribution in [1.29, 1.82) is 0 Å². The summed E-state index contributed by atoms with van der Waals surface area (Å²) >= 11 is 5.95. The third-order valence-electron chi connectivity index (χ3n) is 4.07. The number of carbonyl (C=O) groups excluding carboxylic acids is 1. The molecule has 0 radical (unpaired) electrons. The Labute approximate surface area is 140 Å². The number of carbonyl (C=O) groups is 1. The molecule has 0 N–H and O–H groups in total. The summed E-state index contributed by atoms with van der Waals surface area (Å²) in [6, 6.07) is 13.9. The van der Waals surface area contributed by atoms with Gasteiger partial charge in [0, 0.05) is 36.9 Å². The molecule has 0 atom stereocenters. The number of nitrogens with zero attached hydrogens (tertiary/aromatic N) is 2. The first-order valence-electron chi connectivity index (χ1n) is 7.64. The van der Waals surface area contributed by atoms with Crippen LogP contribution in [0, 0.1) is 5.82 Å². The third kappa shape index (κ3) is 4.02. The lowest BCUT2D eigenvalue weighted by atomic mass is 10.1. The first-order chi connectivity index (χ1) is 11.1. The normalized spacial score (nSPS) is 14.9. The van der Waals surface area contributed by atoms with Crippen LogP contribution in [0.15, 0.2) is 48.5 Å². The van der Waals surface area contributed by atoms with Crippen LogP contribution in [-0.2, 0) is 11.2 Å². The van der Waals surface area contributed by atoms with Gasteiger partial charge in [0.25, 0.3) is 0 Å². The van der Waals surface area contributed by atoms with Crippen LogP contribution in [0.1, 0.15) is 5.56 Å². The Balaban J connectivity index is 1.56. The summed E-state index contributed by atoms with van der Waals surface area (Å²) in [6.07, 6.45) is 0.372. The minimum atomic E-state index is -0.232. The molecule has 1 aliphatic heterocycles. The largest absolute Gasteiger partial charge is 0.368 e. The van der Waals surface area contributed by atoms with Gasteiger partial charge in [-0.1, -0.05) is 23.7 Å². The maximum absolute atomic E-state index is 13.0. The Morgan fingerprint density at radius 3 is 2.39 bits per heavy atom. The van der Waals surface area contributed by atoms with Crippen molar-refractivity contribution in [3.63, 3.8) is 0 Å². The molecule has 3 rings (SSSR count). The average Bonchev–Trinajstić information content (AvgIpc) is 2.56. The molecule has 0 unspecified atom stereocenters. The molecule has 0 bridgehead atoms. The van der Waals surface area contributed by atoms with Gasteiger partial charge in [0.1, 0.15) is 5.82 Å². The Morgan fingerprint density at radius 2 is 1.74 bits per heavy atom. The van der Waals surface area contributed by atoms with Crippen molar-refractivity contribution in [1.82, 2.24) is 4.90 Å². The van der Waals surface area contributed by atoms with Crippen LogP contribution in [0.5, 0.6) is 0 Å². The van der Waals surface area contributed by atoms with Gasteiger partial charge in [-0.05, 0) is 42.0 Å². The van der Waals surface area contributed by atoms with Gasteiger partial charge in [-0.2, -0.15) is 0 Å². The second-order valence-electron chi connectivity index (χ2n) is 5.65. The zero-order chi connectivity index (χ0) is 16.2. The van der Waals surface area contributed by atoms with E-state index in [4.69, 9.17) is 11.6 Å². The van der Waals surface area contributed by atoms with Gasteiger partial charge in [-0.3, -0.25) is 4.79 Å². The van der Waals surface area contributed by atoms with Crippen LogP contribution in [0.25, 0.3) is 0 Å². The number of anilines is 1. The van der Waals surface area contributed by atoms with Gasteiger partial charge in [0.15, 0.2) is 0 Å². The molecule has 2 aromatic rings. The van der Waals surface area contributed by atoms with E-state index in [2.05, 4.69) is 4.90 Å². The van der Waals surface area contributed by atoms with E-state index in [0.29, 0.717) is 24.5 Å². The Kier molecular flexibility index (Phi) is 4.82. The number of piperazine rings is 1. The minimum absolute atomic E-state index is 0.117. The van der Waals surface area contributed by atoms with E-state index < -0.39 is 0 Å². The fourth-order valence-electron chi connectivity index (χ4n) is 2.80. The first kappa shape index (κ1) is 15.8. The van der Waals surface area contributed by atoms with E-state index in [0.717, 1.165) is 24.3 Å². The lowest BCUT2D eigenvalue weighted by Crippen LogP contribution is -2.49. The summed E-state index contributed by atoms with van der Waals surface area (Å²) in [4.78, 5) is 16.4. The zero-order valence-electron chi connectivity index (χ0n) is 12.7. The van der Waals surface area contributed by atoms with E-state index in [9.17, 15) is 9.18 Å². The number of rotatable bonds is 3. The van der Waals surface area contributed by atoms with E-state index in [1.54, 1.807) is 18.2 Å². The van der Waals surface area contributed by atoms with Crippen LogP contribution in [0.3, 0.4) is 0 Å². The topological polar surface area (TPSA) is 23.6 Å². The SMILES string of the molecule is O=C(Cc1cccc(Cl)c1)N1CCN(c2ccc(F)cc2)CC1. The van der Waals surface area contributed by atoms with Crippen molar-refractivity contribution < 1.29 is 9.18 Å². The van der Waals surface area contributed by atoms with E-state index in [-0.39, 0.29) is 11.7 Å². The highest BCUT2D eigenvalue weighted by molar-refractivity contribution is 6.30. The van der Waals surface area contributed by atoms with E-state index in [1.165, 1.54) is 12.1 Å². The number of benzene rings is 2. The summed E-state index contributed by atoms with van der Waals surface area (Å²) in [7, 11) is 0. The van der Waals surface area contributed by atoms with Crippen molar-refractivity contribution in [2.24, 2.45) is 0 Å². The standard InChI is InChI=1S/C18H18ClFN2O/c19-15-3-1-2-14(12-15)13-18(23)22-10-8-21(9-11-22)17-6-4-16(20)5-7-17/h1-7,12H,8-11,13H2. The molecule has 3 nitrogen and oxygen atoms in total. The third-order valence-corrected chi connectivity index (χ3v) is 4.30. The quantitative estimate of drug-likeness (QED) is 0.860. The second kappa shape index (κ2) is 7.01. The van der Waals surface area contributed by atoms with Crippen LogP contribution in [0.2, 0.25) is 5.02 Å². The number of halogens is 2. The number of amides is 1. The van der Waals surface area contributed by atoms with Crippen molar-refractivity contribution in [3.8, 4) is 0 Å². The molecule has 0 saturated carbocycles. The van der Waals surface area contributed by atoms with E-state index in [1.807, 2.05) is 23.1 Å². The molecule has 0 aromatic heterocycles.